The predicted octanol–water partition coefficient (Wildman–Crippen LogP) is 1.49. The molecule has 0 unspecified atom stereocenters. The van der Waals surface area contributed by atoms with Crippen LogP contribution in [0.5, 0.6) is 0 Å². The molecule has 0 radical (unpaired) electrons. The molecule has 0 saturated heterocycles. The smallest absolute Gasteiger partial charge is 0.262 e. The lowest BCUT2D eigenvalue weighted by atomic mass is 9.85. The lowest BCUT2D eigenvalue weighted by molar-refractivity contribution is -0.0123. The topological polar surface area (TPSA) is 68.0 Å². The number of hydrogen-bond acceptors (Lipinski definition) is 4. The third-order valence-electron chi connectivity index (χ3n) is 3.85. The van der Waals surface area contributed by atoms with Gasteiger partial charge in [-0.15, -0.1) is 0 Å². The highest BCUT2D eigenvalue weighted by molar-refractivity contribution is 5.72. The lowest BCUT2D eigenvalue weighted by Crippen LogP contribution is -2.39. The van der Waals surface area contributed by atoms with Gasteiger partial charge in [0.25, 0.3) is 5.56 Å². The molecule has 2 aromatic heterocycles. The van der Waals surface area contributed by atoms with E-state index in [1.165, 1.54) is 10.9 Å². The van der Waals surface area contributed by atoms with Gasteiger partial charge in [0.2, 0.25) is 0 Å². The van der Waals surface area contributed by atoms with Crippen LogP contribution in [0.2, 0.25) is 0 Å². The van der Waals surface area contributed by atoms with E-state index in [9.17, 15) is 9.90 Å². The Morgan fingerprint density at radius 2 is 2.05 bits per heavy atom. The molecule has 1 aliphatic carbocycles. The first-order chi connectivity index (χ1) is 9.18. The molecule has 1 N–H and O–H groups in total. The average Bonchev–Trinajstić information content (AvgIpc) is 2.43. The summed E-state index contributed by atoms with van der Waals surface area (Å²) in [5.41, 5.74) is -0.434. The summed E-state index contributed by atoms with van der Waals surface area (Å²) in [5.74, 6) is 0. The first-order valence-electron chi connectivity index (χ1n) is 6.71. The van der Waals surface area contributed by atoms with E-state index in [0.717, 1.165) is 32.1 Å². The fourth-order valence-corrected chi connectivity index (χ4v) is 2.80. The van der Waals surface area contributed by atoms with Crippen molar-refractivity contribution in [3.63, 3.8) is 0 Å². The van der Waals surface area contributed by atoms with Gasteiger partial charge in [0.1, 0.15) is 6.33 Å². The van der Waals surface area contributed by atoms with E-state index in [0.29, 0.717) is 17.6 Å². The van der Waals surface area contributed by atoms with Crippen LogP contribution in [-0.4, -0.2) is 25.2 Å². The molecule has 0 atom stereocenters. The molecule has 1 fully saturated rings. The van der Waals surface area contributed by atoms with Gasteiger partial charge in [-0.2, -0.15) is 0 Å². The van der Waals surface area contributed by atoms with Gasteiger partial charge >= 0.3 is 0 Å². The average molecular weight is 259 g/mol. The van der Waals surface area contributed by atoms with Crippen LogP contribution in [0.4, 0.5) is 0 Å². The molecular weight excluding hydrogens is 242 g/mol. The Kier molecular flexibility index (Phi) is 3.06. The van der Waals surface area contributed by atoms with Crippen LogP contribution in [0.1, 0.15) is 32.1 Å². The van der Waals surface area contributed by atoms with E-state index in [4.69, 9.17) is 0 Å². The van der Waals surface area contributed by atoms with Crippen LogP contribution < -0.4 is 5.56 Å². The highest BCUT2D eigenvalue weighted by Gasteiger charge is 2.30. The number of nitrogens with zero attached hydrogens (tertiary/aromatic N) is 3. The second-order valence-electron chi connectivity index (χ2n) is 5.34. The van der Waals surface area contributed by atoms with Crippen molar-refractivity contribution >= 4 is 11.0 Å². The predicted molar refractivity (Wildman–Crippen MR) is 71.8 cm³/mol. The maximum Gasteiger partial charge on any atom is 0.262 e. The van der Waals surface area contributed by atoms with Gasteiger partial charge in [-0.3, -0.25) is 9.36 Å². The fraction of sp³-hybridized carbons (Fsp3) is 0.500. The third kappa shape index (κ3) is 2.38. The van der Waals surface area contributed by atoms with E-state index in [1.807, 2.05) is 0 Å². The second-order valence-corrected chi connectivity index (χ2v) is 5.34. The molecule has 1 saturated carbocycles. The van der Waals surface area contributed by atoms with Gasteiger partial charge in [0.15, 0.2) is 5.65 Å². The van der Waals surface area contributed by atoms with E-state index in [1.54, 1.807) is 18.3 Å². The van der Waals surface area contributed by atoms with Crippen molar-refractivity contribution in [1.82, 2.24) is 14.5 Å². The van der Waals surface area contributed by atoms with Crippen LogP contribution in [0.3, 0.4) is 0 Å². The van der Waals surface area contributed by atoms with E-state index < -0.39 is 5.60 Å². The zero-order chi connectivity index (χ0) is 13.3. The highest BCUT2D eigenvalue weighted by Crippen LogP contribution is 2.29. The van der Waals surface area contributed by atoms with Crippen molar-refractivity contribution < 1.29 is 5.11 Å². The van der Waals surface area contributed by atoms with Gasteiger partial charge in [0, 0.05) is 6.20 Å². The first-order valence-corrected chi connectivity index (χ1v) is 6.71. The number of pyridine rings is 1. The SMILES string of the molecule is O=c1c2cccnc2ncn1CC1(O)CCCCC1. The molecule has 0 spiro atoms. The molecule has 5 nitrogen and oxygen atoms in total. The maximum atomic E-state index is 12.3. The zero-order valence-corrected chi connectivity index (χ0v) is 10.7. The summed E-state index contributed by atoms with van der Waals surface area (Å²) >= 11 is 0. The van der Waals surface area contributed by atoms with E-state index >= 15 is 0 Å². The monoisotopic (exact) mass is 259 g/mol. The normalized spacial score (nSPS) is 18.6. The number of aliphatic hydroxyl groups is 1. The Labute approximate surface area is 110 Å². The molecule has 0 bridgehead atoms. The summed E-state index contributed by atoms with van der Waals surface area (Å²) in [5, 5.41) is 11.0. The highest BCUT2D eigenvalue weighted by atomic mass is 16.3. The Morgan fingerprint density at radius 3 is 2.84 bits per heavy atom. The largest absolute Gasteiger partial charge is 0.388 e. The van der Waals surface area contributed by atoms with Crippen molar-refractivity contribution in [2.45, 2.75) is 44.2 Å². The maximum absolute atomic E-state index is 12.3. The van der Waals surface area contributed by atoms with Crippen molar-refractivity contribution in [2.24, 2.45) is 0 Å². The van der Waals surface area contributed by atoms with Crippen LogP contribution in [0.15, 0.2) is 29.5 Å². The minimum Gasteiger partial charge on any atom is -0.388 e. The molecule has 1 aliphatic rings. The van der Waals surface area contributed by atoms with E-state index in [2.05, 4.69) is 9.97 Å². The molecule has 19 heavy (non-hydrogen) atoms. The van der Waals surface area contributed by atoms with Gasteiger partial charge in [-0.05, 0) is 25.0 Å². The molecule has 2 heterocycles. The molecule has 0 amide bonds. The summed E-state index contributed by atoms with van der Waals surface area (Å²) < 4.78 is 1.51. The standard InChI is InChI=1S/C14H17N3O2/c18-13-11-5-4-8-15-12(11)16-10-17(13)9-14(19)6-2-1-3-7-14/h4-5,8,10,19H,1-3,6-7,9H2. The minimum absolute atomic E-state index is 0.128. The van der Waals surface area contributed by atoms with Crippen molar-refractivity contribution in [2.75, 3.05) is 0 Å². The van der Waals surface area contributed by atoms with Crippen molar-refractivity contribution in [3.05, 3.63) is 35.0 Å². The number of aromatic nitrogens is 3. The summed E-state index contributed by atoms with van der Waals surface area (Å²) in [6, 6.07) is 3.45. The van der Waals surface area contributed by atoms with Crippen LogP contribution >= 0.6 is 0 Å². The number of rotatable bonds is 2. The Balaban J connectivity index is 1.97. The molecule has 5 heteroatoms. The minimum atomic E-state index is -0.764. The van der Waals surface area contributed by atoms with E-state index in [-0.39, 0.29) is 5.56 Å². The summed E-state index contributed by atoms with van der Waals surface area (Å²) in [7, 11) is 0. The Hall–Kier alpha value is -1.75. The molecule has 2 aromatic rings. The molecular formula is C14H17N3O2. The summed E-state index contributed by atoms with van der Waals surface area (Å²) in [6.07, 6.45) is 7.83. The first kappa shape index (κ1) is 12.3. The van der Waals surface area contributed by atoms with Crippen LogP contribution in [-0.2, 0) is 6.54 Å². The molecule has 0 aromatic carbocycles. The lowest BCUT2D eigenvalue weighted by Gasteiger charge is -2.32. The molecule has 100 valence electrons. The van der Waals surface area contributed by atoms with Gasteiger partial charge in [-0.25, -0.2) is 9.97 Å². The number of fused-ring (bicyclic) bond motifs is 1. The molecule has 3 rings (SSSR count). The quantitative estimate of drug-likeness (QED) is 0.887. The van der Waals surface area contributed by atoms with Gasteiger partial charge in [0.05, 0.1) is 17.5 Å². The summed E-state index contributed by atoms with van der Waals surface area (Å²) in [4.78, 5) is 20.6. The van der Waals surface area contributed by atoms with Crippen LogP contribution in [0.25, 0.3) is 11.0 Å². The van der Waals surface area contributed by atoms with Crippen LogP contribution in [0, 0.1) is 0 Å². The Bertz CT molecular complexity index is 644. The van der Waals surface area contributed by atoms with Gasteiger partial charge < -0.3 is 5.11 Å². The van der Waals surface area contributed by atoms with Crippen molar-refractivity contribution in [1.29, 1.82) is 0 Å². The summed E-state index contributed by atoms with van der Waals surface area (Å²) in [6.45, 7) is 0.323. The fourth-order valence-electron chi connectivity index (χ4n) is 2.80. The number of hydrogen-bond donors (Lipinski definition) is 1. The van der Waals surface area contributed by atoms with Crippen molar-refractivity contribution in [3.8, 4) is 0 Å². The third-order valence-corrected chi connectivity index (χ3v) is 3.85. The zero-order valence-electron chi connectivity index (χ0n) is 10.7. The second kappa shape index (κ2) is 4.74. The Morgan fingerprint density at radius 1 is 1.26 bits per heavy atom. The molecule has 0 aliphatic heterocycles. The van der Waals surface area contributed by atoms with Gasteiger partial charge in [-0.1, -0.05) is 19.3 Å².